The SMILES string of the molecule is CN=C(NCCOc1ccc(C(F)(F)F)cn1)N1CCCC(C)C1. The van der Waals surface area contributed by atoms with E-state index in [9.17, 15) is 13.2 Å². The molecule has 1 aromatic heterocycles. The summed E-state index contributed by atoms with van der Waals surface area (Å²) in [5.74, 6) is 1.64. The number of ether oxygens (including phenoxy) is 1. The zero-order valence-electron chi connectivity index (χ0n) is 13.9. The number of piperidine rings is 1. The van der Waals surface area contributed by atoms with Gasteiger partial charge in [-0.15, -0.1) is 0 Å². The van der Waals surface area contributed by atoms with Crippen molar-refractivity contribution in [2.75, 3.05) is 33.3 Å². The molecule has 1 aromatic rings. The van der Waals surface area contributed by atoms with E-state index in [1.54, 1.807) is 7.05 Å². The van der Waals surface area contributed by atoms with Crippen LogP contribution in [0.25, 0.3) is 0 Å². The van der Waals surface area contributed by atoms with Gasteiger partial charge in [0.2, 0.25) is 5.88 Å². The highest BCUT2D eigenvalue weighted by Gasteiger charge is 2.30. The van der Waals surface area contributed by atoms with Crippen molar-refractivity contribution in [2.45, 2.75) is 25.9 Å². The third kappa shape index (κ3) is 5.28. The molecule has 0 amide bonds. The van der Waals surface area contributed by atoms with Crippen molar-refractivity contribution >= 4 is 5.96 Å². The van der Waals surface area contributed by atoms with Crippen LogP contribution >= 0.6 is 0 Å². The van der Waals surface area contributed by atoms with E-state index >= 15 is 0 Å². The number of aliphatic imine (C=N–C) groups is 1. The highest BCUT2D eigenvalue weighted by atomic mass is 19.4. The lowest BCUT2D eigenvalue weighted by molar-refractivity contribution is -0.137. The zero-order valence-corrected chi connectivity index (χ0v) is 13.9. The Balaban J connectivity index is 1.75. The lowest BCUT2D eigenvalue weighted by Crippen LogP contribution is -2.47. The Morgan fingerprint density at radius 3 is 2.83 bits per heavy atom. The molecular formula is C16H23F3N4O. The molecule has 1 fully saturated rings. The predicted octanol–water partition coefficient (Wildman–Crippen LogP) is 2.79. The van der Waals surface area contributed by atoms with E-state index in [1.807, 2.05) is 0 Å². The number of alkyl halides is 3. The molecule has 1 saturated heterocycles. The fraction of sp³-hybridized carbons (Fsp3) is 0.625. The maximum absolute atomic E-state index is 12.4. The molecule has 8 heteroatoms. The summed E-state index contributed by atoms with van der Waals surface area (Å²) in [5.41, 5.74) is -0.785. The normalized spacial score (nSPS) is 19.3. The van der Waals surface area contributed by atoms with Crippen LogP contribution in [0.4, 0.5) is 13.2 Å². The summed E-state index contributed by atoms with van der Waals surface area (Å²) in [6, 6.07) is 2.19. The minimum atomic E-state index is -4.38. The highest BCUT2D eigenvalue weighted by molar-refractivity contribution is 5.79. The van der Waals surface area contributed by atoms with Gasteiger partial charge in [-0.25, -0.2) is 4.98 Å². The fourth-order valence-electron chi connectivity index (χ4n) is 2.67. The average molecular weight is 344 g/mol. The van der Waals surface area contributed by atoms with Crippen molar-refractivity contribution in [1.82, 2.24) is 15.2 Å². The standard InChI is InChI=1S/C16H23F3N4O/c1-12-4-3-8-23(11-12)15(20-2)21-7-9-24-14-6-5-13(10-22-14)16(17,18)19/h5-6,10,12H,3-4,7-9,11H2,1-2H3,(H,20,21). The summed E-state index contributed by atoms with van der Waals surface area (Å²) in [4.78, 5) is 10.1. The quantitative estimate of drug-likeness (QED) is 0.518. The summed E-state index contributed by atoms with van der Waals surface area (Å²) < 4.78 is 42.7. The number of rotatable bonds is 4. The molecule has 0 spiro atoms. The molecule has 1 atom stereocenters. The summed E-state index contributed by atoms with van der Waals surface area (Å²) in [6.07, 6.45) is -1.23. The van der Waals surface area contributed by atoms with Gasteiger partial charge in [0.15, 0.2) is 5.96 Å². The first kappa shape index (κ1) is 18.4. The van der Waals surface area contributed by atoms with Crippen LogP contribution in [0.2, 0.25) is 0 Å². The van der Waals surface area contributed by atoms with Gasteiger partial charge in [-0.1, -0.05) is 6.92 Å². The lowest BCUT2D eigenvalue weighted by Gasteiger charge is -2.33. The van der Waals surface area contributed by atoms with Crippen molar-refractivity contribution in [3.63, 3.8) is 0 Å². The van der Waals surface area contributed by atoms with Gasteiger partial charge in [-0.05, 0) is 24.8 Å². The van der Waals surface area contributed by atoms with Crippen LogP contribution in [0, 0.1) is 5.92 Å². The number of likely N-dealkylation sites (tertiary alicyclic amines) is 1. The van der Waals surface area contributed by atoms with Gasteiger partial charge in [0.05, 0.1) is 12.1 Å². The number of aromatic nitrogens is 1. The molecule has 134 valence electrons. The molecule has 5 nitrogen and oxygen atoms in total. The van der Waals surface area contributed by atoms with Crippen molar-refractivity contribution in [3.05, 3.63) is 23.9 Å². The molecule has 1 unspecified atom stereocenters. The largest absolute Gasteiger partial charge is 0.476 e. The molecule has 0 aliphatic carbocycles. The first-order chi connectivity index (χ1) is 11.4. The summed E-state index contributed by atoms with van der Waals surface area (Å²) in [5, 5.41) is 3.21. The van der Waals surface area contributed by atoms with E-state index in [0.717, 1.165) is 37.7 Å². The maximum atomic E-state index is 12.4. The number of halogens is 3. The summed E-state index contributed by atoms with van der Waals surface area (Å²) >= 11 is 0. The molecule has 2 rings (SSSR count). The molecule has 0 bridgehead atoms. The molecule has 0 radical (unpaired) electrons. The smallest absolute Gasteiger partial charge is 0.417 e. The van der Waals surface area contributed by atoms with Gasteiger partial charge < -0.3 is 15.0 Å². The van der Waals surface area contributed by atoms with E-state index in [2.05, 4.69) is 27.1 Å². The molecule has 1 aliphatic rings. The first-order valence-electron chi connectivity index (χ1n) is 8.02. The summed E-state index contributed by atoms with van der Waals surface area (Å²) in [7, 11) is 1.74. The second-order valence-corrected chi connectivity index (χ2v) is 5.90. The third-order valence-electron chi connectivity index (χ3n) is 3.87. The van der Waals surface area contributed by atoms with Crippen LogP contribution in [-0.4, -0.2) is 49.1 Å². The maximum Gasteiger partial charge on any atom is 0.417 e. The van der Waals surface area contributed by atoms with Crippen LogP contribution in [0.3, 0.4) is 0 Å². The number of nitrogens with zero attached hydrogens (tertiary/aromatic N) is 3. The van der Waals surface area contributed by atoms with Crippen molar-refractivity contribution < 1.29 is 17.9 Å². The highest BCUT2D eigenvalue weighted by Crippen LogP contribution is 2.29. The number of nitrogens with one attached hydrogen (secondary N) is 1. The van der Waals surface area contributed by atoms with E-state index < -0.39 is 11.7 Å². The number of hydrogen-bond acceptors (Lipinski definition) is 3. The molecule has 1 N–H and O–H groups in total. The Morgan fingerprint density at radius 1 is 1.46 bits per heavy atom. The predicted molar refractivity (Wildman–Crippen MR) is 86.1 cm³/mol. The van der Waals surface area contributed by atoms with Gasteiger partial charge in [0, 0.05) is 32.4 Å². The van der Waals surface area contributed by atoms with Crippen molar-refractivity contribution in [3.8, 4) is 5.88 Å². The Bertz CT molecular complexity index is 545. The molecule has 1 aliphatic heterocycles. The number of guanidine groups is 1. The Labute approximate surface area is 139 Å². The Morgan fingerprint density at radius 2 is 2.25 bits per heavy atom. The van der Waals surface area contributed by atoms with Crippen molar-refractivity contribution in [1.29, 1.82) is 0 Å². The van der Waals surface area contributed by atoms with Crippen molar-refractivity contribution in [2.24, 2.45) is 10.9 Å². The van der Waals surface area contributed by atoms with Gasteiger partial charge in [0.25, 0.3) is 0 Å². The van der Waals surface area contributed by atoms with E-state index in [0.29, 0.717) is 19.1 Å². The fourth-order valence-corrected chi connectivity index (χ4v) is 2.67. The first-order valence-corrected chi connectivity index (χ1v) is 8.02. The van der Waals surface area contributed by atoms with Crippen LogP contribution < -0.4 is 10.1 Å². The minimum Gasteiger partial charge on any atom is -0.476 e. The van der Waals surface area contributed by atoms with Crippen LogP contribution in [0.5, 0.6) is 5.88 Å². The van der Waals surface area contributed by atoms with Gasteiger partial charge in [-0.2, -0.15) is 13.2 Å². The number of hydrogen-bond donors (Lipinski definition) is 1. The zero-order chi connectivity index (χ0) is 17.6. The minimum absolute atomic E-state index is 0.173. The second-order valence-electron chi connectivity index (χ2n) is 5.90. The summed E-state index contributed by atoms with van der Waals surface area (Å²) in [6.45, 7) is 4.96. The lowest BCUT2D eigenvalue weighted by atomic mass is 10.0. The second kappa shape index (κ2) is 8.21. The molecule has 2 heterocycles. The van der Waals surface area contributed by atoms with Gasteiger partial charge >= 0.3 is 6.18 Å². The molecule has 0 saturated carbocycles. The van der Waals surface area contributed by atoms with E-state index in [1.165, 1.54) is 12.5 Å². The molecular weight excluding hydrogens is 321 g/mol. The monoisotopic (exact) mass is 344 g/mol. The van der Waals surface area contributed by atoms with Gasteiger partial charge in [0.1, 0.15) is 6.61 Å². The van der Waals surface area contributed by atoms with Gasteiger partial charge in [-0.3, -0.25) is 4.99 Å². The van der Waals surface area contributed by atoms with Crippen LogP contribution in [0.15, 0.2) is 23.3 Å². The Hall–Kier alpha value is -1.99. The molecule has 24 heavy (non-hydrogen) atoms. The van der Waals surface area contributed by atoms with E-state index in [4.69, 9.17) is 4.74 Å². The van der Waals surface area contributed by atoms with Crippen LogP contribution in [-0.2, 0) is 6.18 Å². The molecule has 0 aromatic carbocycles. The average Bonchev–Trinajstić information content (AvgIpc) is 2.54. The Kier molecular flexibility index (Phi) is 6.28. The topological polar surface area (TPSA) is 49.8 Å². The van der Waals surface area contributed by atoms with E-state index in [-0.39, 0.29) is 5.88 Å². The third-order valence-corrected chi connectivity index (χ3v) is 3.87. The number of pyridine rings is 1. The van der Waals surface area contributed by atoms with Crippen LogP contribution in [0.1, 0.15) is 25.3 Å².